The molecular weight excluding hydrogens is 645 g/mol. The maximum atomic E-state index is 12.5. The summed E-state index contributed by atoms with van der Waals surface area (Å²) in [7, 11) is -8.00. The molecule has 0 saturated carbocycles. The molecular formula is C29H38N7NaO7S2. The summed E-state index contributed by atoms with van der Waals surface area (Å²) in [4.78, 5) is 44.7. The van der Waals surface area contributed by atoms with Crippen molar-refractivity contribution in [1.29, 1.82) is 0 Å². The van der Waals surface area contributed by atoms with Crippen LogP contribution in [0, 0.1) is 12.8 Å². The van der Waals surface area contributed by atoms with Gasteiger partial charge >= 0.3 is 29.6 Å². The van der Waals surface area contributed by atoms with Crippen molar-refractivity contribution >= 4 is 90.5 Å². The van der Waals surface area contributed by atoms with Gasteiger partial charge in [0.05, 0.1) is 10.6 Å². The van der Waals surface area contributed by atoms with Crippen LogP contribution in [0.25, 0.3) is 0 Å². The first-order valence-corrected chi connectivity index (χ1v) is 17.3. The number of nitrogens with zero attached hydrogens (tertiary/aromatic N) is 2. The van der Waals surface area contributed by atoms with Gasteiger partial charge in [-0.25, -0.2) is 26.5 Å². The van der Waals surface area contributed by atoms with Crippen LogP contribution in [0.5, 0.6) is 0 Å². The minimum absolute atomic E-state index is 0. The Balaban J connectivity index is 0.00000736. The third-order valence-corrected chi connectivity index (χ3v) is 9.23. The molecule has 3 amide bonds. The van der Waals surface area contributed by atoms with Gasteiger partial charge in [-0.2, -0.15) is 4.98 Å². The summed E-state index contributed by atoms with van der Waals surface area (Å²) in [5.41, 5.74) is 2.39. The summed E-state index contributed by atoms with van der Waals surface area (Å²) in [6, 6.07) is 13.0. The number of amides is 3. The molecule has 0 fully saturated rings. The molecule has 0 aliphatic rings. The molecule has 2 aromatic carbocycles. The summed E-state index contributed by atoms with van der Waals surface area (Å²) >= 11 is 0. The number of nitrogens with one attached hydrogen (secondary N) is 5. The van der Waals surface area contributed by atoms with Gasteiger partial charge < -0.3 is 16.0 Å². The van der Waals surface area contributed by atoms with Gasteiger partial charge in [-0.15, -0.1) is 0 Å². The fourth-order valence-electron chi connectivity index (χ4n) is 3.70. The SMILES string of the molecule is CCC(=O)NS(=O)(=O)c1cccc(Nc2ncc(C)c(Nc3ccccc3CNC(=O)CCS(=O)(=O)NC(=O)C(C)CC)n2)c1.[NaH]. The number of carbonyl (C=O) groups excluding carboxylic acids is 3. The standard InChI is InChI=1S/C29H37N7O7S2.Na.H/c1-5-19(3)28(39)36-44(40,41)15-14-26(38)30-18-21-10-7-8-13-24(21)33-27-20(4)17-31-29(34-27)32-22-11-9-12-23(16-22)45(42,43)35-25(37)6-2;;/h7-13,16-17,19H,5-6,14-15,18H2,1-4H3,(H,30,38)(H,35,37)(H,36,39)(H2,31,32,33,34);;. The summed E-state index contributed by atoms with van der Waals surface area (Å²) in [6.45, 7) is 6.82. The molecule has 46 heavy (non-hydrogen) atoms. The second-order valence-corrected chi connectivity index (χ2v) is 13.7. The van der Waals surface area contributed by atoms with E-state index >= 15 is 0 Å². The second kappa shape index (κ2) is 17.4. The molecule has 1 unspecified atom stereocenters. The van der Waals surface area contributed by atoms with Crippen LogP contribution in [-0.2, 0) is 41.0 Å². The Labute approximate surface area is 291 Å². The zero-order chi connectivity index (χ0) is 33.2. The number of anilines is 4. The second-order valence-electron chi connectivity index (χ2n) is 10.2. The summed E-state index contributed by atoms with van der Waals surface area (Å²) < 4.78 is 53.4. The van der Waals surface area contributed by atoms with E-state index in [2.05, 4.69) is 25.9 Å². The molecule has 0 aliphatic carbocycles. The van der Waals surface area contributed by atoms with E-state index in [4.69, 9.17) is 0 Å². The number of sulfonamides is 2. The fraction of sp³-hybridized carbons (Fsp3) is 0.345. The van der Waals surface area contributed by atoms with Crippen LogP contribution in [0.4, 0.5) is 23.1 Å². The number of rotatable bonds is 15. The monoisotopic (exact) mass is 683 g/mol. The van der Waals surface area contributed by atoms with Crippen LogP contribution in [-0.4, -0.2) is 79.8 Å². The number of aromatic nitrogens is 2. The quantitative estimate of drug-likeness (QED) is 0.147. The summed E-state index contributed by atoms with van der Waals surface area (Å²) in [6.07, 6.45) is 1.75. The molecule has 0 radical (unpaired) electrons. The van der Waals surface area contributed by atoms with Crippen LogP contribution in [0.15, 0.2) is 59.6 Å². The molecule has 3 rings (SSSR count). The Morgan fingerprint density at radius 2 is 1.63 bits per heavy atom. The Kier molecular flexibility index (Phi) is 14.6. The molecule has 17 heteroatoms. The van der Waals surface area contributed by atoms with Gasteiger partial charge in [0.1, 0.15) is 5.82 Å². The van der Waals surface area contributed by atoms with Gasteiger partial charge in [-0.3, -0.25) is 19.1 Å². The van der Waals surface area contributed by atoms with E-state index in [0.29, 0.717) is 34.7 Å². The first-order chi connectivity index (χ1) is 21.2. The Bertz CT molecular complexity index is 1770. The van der Waals surface area contributed by atoms with Crippen molar-refractivity contribution in [1.82, 2.24) is 24.7 Å². The van der Waals surface area contributed by atoms with E-state index in [1.54, 1.807) is 64.2 Å². The van der Waals surface area contributed by atoms with Crippen molar-refractivity contribution in [3.8, 4) is 0 Å². The van der Waals surface area contributed by atoms with Crippen molar-refractivity contribution in [2.24, 2.45) is 5.92 Å². The van der Waals surface area contributed by atoms with Gasteiger partial charge in [-0.05, 0) is 43.2 Å². The van der Waals surface area contributed by atoms with Gasteiger partial charge in [0.25, 0.3) is 10.0 Å². The van der Waals surface area contributed by atoms with Crippen LogP contribution in [0.2, 0.25) is 0 Å². The molecule has 0 aliphatic heterocycles. The molecule has 1 aromatic heterocycles. The zero-order valence-corrected chi connectivity index (χ0v) is 27.0. The third kappa shape index (κ3) is 11.7. The number of benzene rings is 2. The van der Waals surface area contributed by atoms with Gasteiger partial charge in [0.2, 0.25) is 33.7 Å². The number of carbonyl (C=O) groups is 3. The van der Waals surface area contributed by atoms with E-state index in [9.17, 15) is 31.2 Å². The summed E-state index contributed by atoms with van der Waals surface area (Å²) in [5.74, 6) is -2.11. The predicted molar refractivity (Wildman–Crippen MR) is 177 cm³/mol. The topological polar surface area (TPSA) is 205 Å². The molecule has 0 saturated heterocycles. The Morgan fingerprint density at radius 3 is 2.33 bits per heavy atom. The van der Waals surface area contributed by atoms with Gasteiger partial charge in [0.15, 0.2) is 0 Å². The van der Waals surface area contributed by atoms with Crippen molar-refractivity contribution in [3.05, 3.63) is 65.9 Å². The molecule has 5 N–H and O–H groups in total. The van der Waals surface area contributed by atoms with E-state index in [-0.39, 0.29) is 59.8 Å². The molecule has 1 atom stereocenters. The normalized spacial score (nSPS) is 11.8. The first kappa shape index (κ1) is 38.6. The molecule has 0 bridgehead atoms. The first-order valence-electron chi connectivity index (χ1n) is 14.1. The third-order valence-electron chi connectivity index (χ3n) is 6.60. The minimum atomic E-state index is -4.05. The number of para-hydroxylation sites is 1. The maximum absolute atomic E-state index is 12.5. The molecule has 244 valence electrons. The van der Waals surface area contributed by atoms with E-state index in [1.807, 2.05) is 9.44 Å². The fourth-order valence-corrected chi connectivity index (χ4v) is 5.87. The van der Waals surface area contributed by atoms with E-state index < -0.39 is 49.4 Å². The van der Waals surface area contributed by atoms with Gasteiger partial charge in [-0.1, -0.05) is 45.0 Å². The molecule has 3 aromatic rings. The van der Waals surface area contributed by atoms with Crippen molar-refractivity contribution < 1.29 is 31.2 Å². The number of aryl methyl sites for hydroxylation is 1. The van der Waals surface area contributed by atoms with Crippen LogP contribution < -0.4 is 25.4 Å². The van der Waals surface area contributed by atoms with Crippen molar-refractivity contribution in [2.45, 2.75) is 58.4 Å². The number of hydrogen-bond acceptors (Lipinski definition) is 11. The zero-order valence-electron chi connectivity index (χ0n) is 25.4. The Morgan fingerprint density at radius 1 is 0.913 bits per heavy atom. The van der Waals surface area contributed by atoms with Gasteiger partial charge in [0, 0.05) is 48.4 Å². The van der Waals surface area contributed by atoms with E-state index in [1.165, 1.54) is 18.2 Å². The van der Waals surface area contributed by atoms with E-state index in [0.717, 1.165) is 0 Å². The van der Waals surface area contributed by atoms with Crippen molar-refractivity contribution in [2.75, 3.05) is 16.4 Å². The average molecular weight is 684 g/mol. The number of hydrogen-bond donors (Lipinski definition) is 5. The van der Waals surface area contributed by atoms with Crippen molar-refractivity contribution in [3.63, 3.8) is 0 Å². The summed E-state index contributed by atoms with van der Waals surface area (Å²) in [5, 5.41) is 8.89. The molecule has 1 heterocycles. The molecule has 0 spiro atoms. The average Bonchev–Trinajstić information content (AvgIpc) is 3.00. The van der Waals surface area contributed by atoms with Crippen LogP contribution in [0.1, 0.15) is 51.2 Å². The Hall–Kier alpha value is -3.57. The molecule has 14 nitrogen and oxygen atoms in total. The predicted octanol–water partition coefficient (Wildman–Crippen LogP) is 2.34. The van der Waals surface area contributed by atoms with Crippen LogP contribution >= 0.6 is 0 Å². The van der Waals surface area contributed by atoms with Crippen LogP contribution in [0.3, 0.4) is 0 Å².